The highest BCUT2D eigenvalue weighted by molar-refractivity contribution is 7.99. The van der Waals surface area contributed by atoms with Gasteiger partial charge in [0.05, 0.1) is 11.4 Å². The molecule has 13 heavy (non-hydrogen) atoms. The molecule has 0 unspecified atom stereocenters. The minimum Gasteiger partial charge on any atom is -0.254 e. The van der Waals surface area contributed by atoms with Crippen molar-refractivity contribution in [2.24, 2.45) is 0 Å². The molecule has 0 atom stereocenters. The monoisotopic (exact) mass is 196 g/mol. The van der Waals surface area contributed by atoms with Crippen LogP contribution in [0.15, 0.2) is 11.2 Å². The van der Waals surface area contributed by atoms with Crippen molar-refractivity contribution in [2.45, 2.75) is 38.6 Å². The van der Waals surface area contributed by atoms with Crippen LogP contribution in [0, 0.1) is 13.8 Å². The lowest BCUT2D eigenvalue weighted by molar-refractivity contribution is 0.889. The molecule has 0 aliphatic heterocycles. The van der Waals surface area contributed by atoms with Crippen LogP contribution in [0.3, 0.4) is 0 Å². The Morgan fingerprint density at radius 1 is 1.38 bits per heavy atom. The number of hydrogen-bond donors (Lipinski definition) is 0. The van der Waals surface area contributed by atoms with E-state index in [0.717, 1.165) is 22.2 Å². The Balaban J connectivity index is 2.56. The SMILES string of the molecule is CCCCSc1ncc(C)nc1C. The molecule has 1 heterocycles. The molecule has 0 N–H and O–H groups in total. The first kappa shape index (κ1) is 10.5. The van der Waals surface area contributed by atoms with Gasteiger partial charge in [-0.2, -0.15) is 0 Å². The highest BCUT2D eigenvalue weighted by Crippen LogP contribution is 2.19. The molecule has 2 nitrogen and oxygen atoms in total. The van der Waals surface area contributed by atoms with Crippen LogP contribution in [0.5, 0.6) is 0 Å². The maximum atomic E-state index is 4.37. The summed E-state index contributed by atoms with van der Waals surface area (Å²) >= 11 is 1.81. The van der Waals surface area contributed by atoms with E-state index in [1.165, 1.54) is 12.8 Å². The predicted molar refractivity (Wildman–Crippen MR) is 57.1 cm³/mol. The molecule has 0 saturated carbocycles. The Morgan fingerprint density at radius 2 is 2.15 bits per heavy atom. The summed E-state index contributed by atoms with van der Waals surface area (Å²) in [5.74, 6) is 1.15. The van der Waals surface area contributed by atoms with Crippen molar-refractivity contribution >= 4 is 11.8 Å². The molecule has 0 aliphatic carbocycles. The fourth-order valence-corrected chi connectivity index (χ4v) is 2.05. The van der Waals surface area contributed by atoms with E-state index in [4.69, 9.17) is 0 Å². The van der Waals surface area contributed by atoms with Gasteiger partial charge in [-0.05, 0) is 26.0 Å². The molecular formula is C10H16N2S. The standard InChI is InChI=1S/C10H16N2S/c1-4-5-6-13-10-9(3)12-8(2)7-11-10/h7H,4-6H2,1-3H3. The molecule has 0 radical (unpaired) electrons. The third-order valence-electron chi connectivity index (χ3n) is 1.76. The van der Waals surface area contributed by atoms with E-state index in [1.54, 1.807) is 11.8 Å². The Kier molecular flexibility index (Phi) is 4.22. The summed E-state index contributed by atoms with van der Waals surface area (Å²) in [6, 6.07) is 0. The molecule has 0 spiro atoms. The average molecular weight is 196 g/mol. The lowest BCUT2D eigenvalue weighted by Crippen LogP contribution is -1.93. The first-order chi connectivity index (χ1) is 6.24. The van der Waals surface area contributed by atoms with E-state index in [0.29, 0.717) is 0 Å². The van der Waals surface area contributed by atoms with Gasteiger partial charge in [-0.1, -0.05) is 13.3 Å². The summed E-state index contributed by atoms with van der Waals surface area (Å²) < 4.78 is 0. The van der Waals surface area contributed by atoms with Crippen molar-refractivity contribution in [3.8, 4) is 0 Å². The van der Waals surface area contributed by atoms with Crippen LogP contribution < -0.4 is 0 Å². The highest BCUT2D eigenvalue weighted by Gasteiger charge is 2.01. The Bertz CT molecular complexity index is 274. The van der Waals surface area contributed by atoms with E-state index < -0.39 is 0 Å². The van der Waals surface area contributed by atoms with Crippen molar-refractivity contribution in [2.75, 3.05) is 5.75 Å². The first-order valence-electron chi connectivity index (χ1n) is 4.67. The van der Waals surface area contributed by atoms with Crippen molar-refractivity contribution in [3.05, 3.63) is 17.6 Å². The number of hydrogen-bond acceptors (Lipinski definition) is 3. The van der Waals surface area contributed by atoms with Gasteiger partial charge in [0.1, 0.15) is 5.03 Å². The van der Waals surface area contributed by atoms with Crippen molar-refractivity contribution in [1.82, 2.24) is 9.97 Å². The number of aromatic nitrogens is 2. The van der Waals surface area contributed by atoms with E-state index in [2.05, 4.69) is 16.9 Å². The molecule has 1 aromatic rings. The van der Waals surface area contributed by atoms with Crippen LogP contribution in [0.2, 0.25) is 0 Å². The van der Waals surface area contributed by atoms with Gasteiger partial charge in [0, 0.05) is 6.20 Å². The number of rotatable bonds is 4. The Labute approximate surface area is 84.2 Å². The summed E-state index contributed by atoms with van der Waals surface area (Å²) in [5, 5.41) is 1.08. The molecule has 0 aromatic carbocycles. The summed E-state index contributed by atoms with van der Waals surface area (Å²) in [4.78, 5) is 8.72. The second kappa shape index (κ2) is 5.22. The first-order valence-corrected chi connectivity index (χ1v) is 5.65. The van der Waals surface area contributed by atoms with Crippen molar-refractivity contribution in [1.29, 1.82) is 0 Å². The fourth-order valence-electron chi connectivity index (χ4n) is 1.04. The molecule has 3 heteroatoms. The molecule has 1 aromatic heterocycles. The third-order valence-corrected chi connectivity index (χ3v) is 2.93. The largest absolute Gasteiger partial charge is 0.254 e. The van der Waals surface area contributed by atoms with E-state index in [1.807, 2.05) is 20.0 Å². The van der Waals surface area contributed by atoms with E-state index in [9.17, 15) is 0 Å². The lowest BCUT2D eigenvalue weighted by Gasteiger charge is -2.03. The molecule has 1 rings (SSSR count). The smallest absolute Gasteiger partial charge is 0.117 e. The van der Waals surface area contributed by atoms with Gasteiger partial charge in [-0.3, -0.25) is 4.98 Å². The van der Waals surface area contributed by atoms with Gasteiger partial charge in [0.2, 0.25) is 0 Å². The van der Waals surface area contributed by atoms with Crippen LogP contribution in [-0.4, -0.2) is 15.7 Å². The zero-order chi connectivity index (χ0) is 9.68. The van der Waals surface area contributed by atoms with Crippen LogP contribution in [0.25, 0.3) is 0 Å². The summed E-state index contributed by atoms with van der Waals surface area (Å²) in [5.41, 5.74) is 2.05. The topological polar surface area (TPSA) is 25.8 Å². The minimum absolute atomic E-state index is 0.998. The molecule has 0 amide bonds. The van der Waals surface area contributed by atoms with Crippen LogP contribution in [0.4, 0.5) is 0 Å². The van der Waals surface area contributed by atoms with Crippen LogP contribution in [-0.2, 0) is 0 Å². The van der Waals surface area contributed by atoms with Crippen LogP contribution in [0.1, 0.15) is 31.2 Å². The Morgan fingerprint density at radius 3 is 2.77 bits per heavy atom. The number of aryl methyl sites for hydroxylation is 2. The molecular weight excluding hydrogens is 180 g/mol. The number of thioether (sulfide) groups is 1. The van der Waals surface area contributed by atoms with Crippen LogP contribution >= 0.6 is 11.8 Å². The third kappa shape index (κ3) is 3.35. The second-order valence-corrected chi connectivity index (χ2v) is 4.19. The maximum Gasteiger partial charge on any atom is 0.117 e. The number of nitrogens with zero attached hydrogens (tertiary/aromatic N) is 2. The van der Waals surface area contributed by atoms with Gasteiger partial charge in [-0.25, -0.2) is 4.98 Å². The summed E-state index contributed by atoms with van der Waals surface area (Å²) in [6.45, 7) is 6.20. The number of unbranched alkanes of at least 4 members (excludes halogenated alkanes) is 1. The lowest BCUT2D eigenvalue weighted by atomic mass is 10.4. The van der Waals surface area contributed by atoms with Gasteiger partial charge >= 0.3 is 0 Å². The van der Waals surface area contributed by atoms with Crippen molar-refractivity contribution < 1.29 is 0 Å². The molecule has 0 bridgehead atoms. The van der Waals surface area contributed by atoms with E-state index in [-0.39, 0.29) is 0 Å². The zero-order valence-corrected chi connectivity index (χ0v) is 9.32. The second-order valence-electron chi connectivity index (χ2n) is 3.10. The minimum atomic E-state index is 0.998. The molecule has 0 aliphatic rings. The summed E-state index contributed by atoms with van der Waals surface area (Å²) in [6.07, 6.45) is 4.33. The fraction of sp³-hybridized carbons (Fsp3) is 0.600. The predicted octanol–water partition coefficient (Wildman–Crippen LogP) is 2.99. The quantitative estimate of drug-likeness (QED) is 0.547. The Hall–Kier alpha value is -0.570. The normalized spacial score (nSPS) is 10.4. The van der Waals surface area contributed by atoms with Gasteiger partial charge < -0.3 is 0 Å². The molecule has 0 fully saturated rings. The van der Waals surface area contributed by atoms with Gasteiger partial charge in [-0.15, -0.1) is 11.8 Å². The zero-order valence-electron chi connectivity index (χ0n) is 8.50. The van der Waals surface area contributed by atoms with E-state index >= 15 is 0 Å². The maximum absolute atomic E-state index is 4.37. The average Bonchev–Trinajstić information content (AvgIpc) is 2.09. The highest BCUT2D eigenvalue weighted by atomic mass is 32.2. The van der Waals surface area contributed by atoms with Gasteiger partial charge in [0.25, 0.3) is 0 Å². The molecule has 0 saturated heterocycles. The summed E-state index contributed by atoms with van der Waals surface area (Å²) in [7, 11) is 0. The van der Waals surface area contributed by atoms with Crippen molar-refractivity contribution in [3.63, 3.8) is 0 Å². The molecule has 72 valence electrons. The van der Waals surface area contributed by atoms with Gasteiger partial charge in [0.15, 0.2) is 0 Å².